The summed E-state index contributed by atoms with van der Waals surface area (Å²) in [5.41, 5.74) is 0.419. The van der Waals surface area contributed by atoms with Crippen LogP contribution in [0.4, 0.5) is 5.69 Å². The van der Waals surface area contributed by atoms with E-state index in [0.717, 1.165) is 6.42 Å². The number of anilines is 1. The Morgan fingerprint density at radius 1 is 1.12 bits per heavy atom. The SMILES string of the molecule is O=C(COC(=O)c1ccc(Cl)cc1O)Nc1ccc2c(c1)OCCCO2. The second-order valence-electron chi connectivity index (χ2n) is 5.50. The number of amides is 1. The number of phenols is 1. The molecule has 1 heterocycles. The highest BCUT2D eigenvalue weighted by atomic mass is 35.5. The summed E-state index contributed by atoms with van der Waals surface area (Å²) >= 11 is 5.70. The van der Waals surface area contributed by atoms with Gasteiger partial charge in [-0.3, -0.25) is 4.79 Å². The Bertz CT molecular complexity index is 838. The number of fused-ring (bicyclic) bond motifs is 1. The number of phenolic OH excluding ortho intramolecular Hbond substituents is 1. The zero-order chi connectivity index (χ0) is 18.5. The van der Waals surface area contributed by atoms with Crippen molar-refractivity contribution in [3.8, 4) is 17.2 Å². The molecule has 0 spiro atoms. The third-order valence-corrected chi connectivity index (χ3v) is 3.78. The van der Waals surface area contributed by atoms with Crippen molar-refractivity contribution >= 4 is 29.2 Å². The van der Waals surface area contributed by atoms with Crippen LogP contribution in [0.15, 0.2) is 36.4 Å². The monoisotopic (exact) mass is 377 g/mol. The van der Waals surface area contributed by atoms with E-state index in [2.05, 4.69) is 5.32 Å². The number of esters is 1. The minimum Gasteiger partial charge on any atom is -0.507 e. The first-order chi connectivity index (χ1) is 12.5. The number of benzene rings is 2. The van der Waals surface area contributed by atoms with Gasteiger partial charge in [-0.15, -0.1) is 0 Å². The lowest BCUT2D eigenvalue weighted by Gasteiger charge is -2.11. The molecular weight excluding hydrogens is 362 g/mol. The van der Waals surface area contributed by atoms with Crippen LogP contribution in [-0.2, 0) is 9.53 Å². The topological polar surface area (TPSA) is 94.1 Å². The van der Waals surface area contributed by atoms with E-state index in [1.165, 1.54) is 18.2 Å². The van der Waals surface area contributed by atoms with Crippen LogP contribution in [0.5, 0.6) is 17.2 Å². The van der Waals surface area contributed by atoms with Gasteiger partial charge in [-0.25, -0.2) is 4.79 Å². The molecular formula is C18H16ClNO6. The number of ether oxygens (including phenoxy) is 3. The fraction of sp³-hybridized carbons (Fsp3) is 0.222. The summed E-state index contributed by atoms with van der Waals surface area (Å²) in [6, 6.07) is 8.99. The Labute approximate surface area is 154 Å². The number of hydrogen-bond acceptors (Lipinski definition) is 6. The molecule has 2 aromatic rings. The summed E-state index contributed by atoms with van der Waals surface area (Å²) < 4.78 is 16.0. The Balaban J connectivity index is 1.57. The molecule has 3 rings (SSSR count). The second kappa shape index (κ2) is 7.97. The Morgan fingerprint density at radius 2 is 1.88 bits per heavy atom. The Hall–Kier alpha value is -2.93. The van der Waals surface area contributed by atoms with Gasteiger partial charge in [-0.2, -0.15) is 0 Å². The van der Waals surface area contributed by atoms with Gasteiger partial charge in [0, 0.05) is 23.2 Å². The fourth-order valence-electron chi connectivity index (χ4n) is 2.32. The molecule has 0 aromatic heterocycles. The van der Waals surface area contributed by atoms with Crippen molar-refractivity contribution in [3.05, 3.63) is 47.0 Å². The molecule has 0 radical (unpaired) electrons. The second-order valence-corrected chi connectivity index (χ2v) is 5.93. The lowest BCUT2D eigenvalue weighted by molar-refractivity contribution is -0.119. The van der Waals surface area contributed by atoms with Crippen molar-refractivity contribution in [2.75, 3.05) is 25.1 Å². The highest BCUT2D eigenvalue weighted by molar-refractivity contribution is 6.30. The normalized spacial score (nSPS) is 12.8. The van der Waals surface area contributed by atoms with Gasteiger partial charge in [0.15, 0.2) is 18.1 Å². The highest BCUT2D eigenvalue weighted by Crippen LogP contribution is 2.32. The zero-order valence-corrected chi connectivity index (χ0v) is 14.4. The van der Waals surface area contributed by atoms with Crippen LogP contribution in [0.3, 0.4) is 0 Å². The van der Waals surface area contributed by atoms with Gasteiger partial charge in [0.2, 0.25) is 0 Å². The summed E-state index contributed by atoms with van der Waals surface area (Å²) in [5, 5.41) is 12.6. The van der Waals surface area contributed by atoms with Gasteiger partial charge in [-0.05, 0) is 30.3 Å². The Kier molecular flexibility index (Phi) is 5.48. The average Bonchev–Trinajstić information content (AvgIpc) is 2.84. The number of hydrogen-bond donors (Lipinski definition) is 2. The third kappa shape index (κ3) is 4.37. The maximum atomic E-state index is 12.0. The predicted octanol–water partition coefficient (Wildman–Crippen LogP) is 3.00. The van der Waals surface area contributed by atoms with Crippen LogP contribution in [0.2, 0.25) is 5.02 Å². The summed E-state index contributed by atoms with van der Waals surface area (Å²) in [6.07, 6.45) is 0.782. The number of nitrogens with one attached hydrogen (secondary N) is 1. The molecule has 0 saturated heterocycles. The van der Waals surface area contributed by atoms with Crippen LogP contribution in [0, 0.1) is 0 Å². The molecule has 0 fully saturated rings. The van der Waals surface area contributed by atoms with Crippen molar-refractivity contribution < 1.29 is 28.9 Å². The first kappa shape index (κ1) is 17.9. The molecule has 2 aromatic carbocycles. The molecule has 0 atom stereocenters. The van der Waals surface area contributed by atoms with E-state index in [1.807, 2.05) is 0 Å². The smallest absolute Gasteiger partial charge is 0.342 e. The predicted molar refractivity (Wildman–Crippen MR) is 94.1 cm³/mol. The quantitative estimate of drug-likeness (QED) is 0.795. The fourth-order valence-corrected chi connectivity index (χ4v) is 2.49. The molecule has 8 heteroatoms. The maximum absolute atomic E-state index is 12.0. The van der Waals surface area contributed by atoms with Gasteiger partial charge >= 0.3 is 5.97 Å². The minimum atomic E-state index is -0.826. The molecule has 136 valence electrons. The van der Waals surface area contributed by atoms with Crippen LogP contribution < -0.4 is 14.8 Å². The van der Waals surface area contributed by atoms with Gasteiger partial charge in [-0.1, -0.05) is 11.6 Å². The lowest BCUT2D eigenvalue weighted by Crippen LogP contribution is -2.21. The van der Waals surface area contributed by atoms with Gasteiger partial charge in [0.05, 0.1) is 13.2 Å². The molecule has 2 N–H and O–H groups in total. The van der Waals surface area contributed by atoms with Crippen LogP contribution >= 0.6 is 11.6 Å². The molecule has 0 bridgehead atoms. The summed E-state index contributed by atoms with van der Waals surface area (Å²) in [5.74, 6) is -0.506. The molecule has 0 unspecified atom stereocenters. The molecule has 0 saturated carbocycles. The third-order valence-electron chi connectivity index (χ3n) is 3.55. The summed E-state index contributed by atoms with van der Waals surface area (Å²) in [7, 11) is 0. The molecule has 7 nitrogen and oxygen atoms in total. The number of rotatable bonds is 4. The number of aromatic hydroxyl groups is 1. The number of carbonyl (C=O) groups excluding carboxylic acids is 2. The van der Waals surface area contributed by atoms with E-state index in [9.17, 15) is 14.7 Å². The first-order valence-corrected chi connectivity index (χ1v) is 8.26. The van der Waals surface area contributed by atoms with Gasteiger partial charge in [0.1, 0.15) is 11.3 Å². The van der Waals surface area contributed by atoms with Crippen molar-refractivity contribution in [2.45, 2.75) is 6.42 Å². The zero-order valence-electron chi connectivity index (χ0n) is 13.7. The van der Waals surface area contributed by atoms with E-state index in [4.69, 9.17) is 25.8 Å². The standard InChI is InChI=1S/C18H16ClNO6/c19-11-2-4-13(14(21)8-11)18(23)26-10-17(22)20-12-3-5-15-16(9-12)25-7-1-6-24-15/h2-5,8-9,21H,1,6-7,10H2,(H,20,22). The minimum absolute atomic E-state index is 0.0715. The molecule has 1 aliphatic rings. The van der Waals surface area contributed by atoms with E-state index in [-0.39, 0.29) is 16.3 Å². The molecule has 1 aliphatic heterocycles. The van der Waals surface area contributed by atoms with Crippen LogP contribution in [0.25, 0.3) is 0 Å². The molecule has 26 heavy (non-hydrogen) atoms. The van der Waals surface area contributed by atoms with Crippen molar-refractivity contribution in [2.24, 2.45) is 0 Å². The van der Waals surface area contributed by atoms with E-state index < -0.39 is 18.5 Å². The number of carbonyl (C=O) groups is 2. The van der Waals surface area contributed by atoms with Gasteiger partial charge in [0.25, 0.3) is 5.91 Å². The van der Waals surface area contributed by atoms with Gasteiger partial charge < -0.3 is 24.6 Å². The first-order valence-electron chi connectivity index (χ1n) is 7.88. The van der Waals surface area contributed by atoms with E-state index in [0.29, 0.717) is 30.4 Å². The maximum Gasteiger partial charge on any atom is 0.342 e. The average molecular weight is 378 g/mol. The largest absolute Gasteiger partial charge is 0.507 e. The molecule has 0 aliphatic carbocycles. The summed E-state index contributed by atoms with van der Waals surface area (Å²) in [4.78, 5) is 23.9. The lowest BCUT2D eigenvalue weighted by atomic mass is 10.2. The highest BCUT2D eigenvalue weighted by Gasteiger charge is 2.16. The summed E-state index contributed by atoms with van der Waals surface area (Å²) in [6.45, 7) is 0.605. The number of halogens is 1. The van der Waals surface area contributed by atoms with Crippen LogP contribution in [-0.4, -0.2) is 36.8 Å². The van der Waals surface area contributed by atoms with E-state index in [1.54, 1.807) is 18.2 Å². The van der Waals surface area contributed by atoms with Crippen LogP contribution in [0.1, 0.15) is 16.8 Å². The van der Waals surface area contributed by atoms with Crippen molar-refractivity contribution in [1.29, 1.82) is 0 Å². The van der Waals surface area contributed by atoms with Crippen molar-refractivity contribution in [1.82, 2.24) is 0 Å². The Morgan fingerprint density at radius 3 is 2.65 bits per heavy atom. The van der Waals surface area contributed by atoms with E-state index >= 15 is 0 Å². The molecule has 1 amide bonds. The van der Waals surface area contributed by atoms with Crippen molar-refractivity contribution in [3.63, 3.8) is 0 Å².